The molecule has 0 radical (unpaired) electrons. The largest absolute Gasteiger partial charge is 0.466 e. The van der Waals surface area contributed by atoms with Crippen LogP contribution in [0.1, 0.15) is 39.0 Å². The number of hydrogen-bond donors (Lipinski definition) is 1. The summed E-state index contributed by atoms with van der Waals surface area (Å²) in [4.78, 5) is 11.6. The lowest BCUT2D eigenvalue weighted by atomic mass is 9.83. The fourth-order valence-corrected chi connectivity index (χ4v) is 2.11. The minimum absolute atomic E-state index is 0.0822. The molecule has 0 bridgehead atoms. The number of carbonyl (C=O) groups is 1. The number of carbonyl (C=O) groups excluding carboxylic acids is 1. The van der Waals surface area contributed by atoms with E-state index in [4.69, 9.17) is 9.84 Å². The Morgan fingerprint density at radius 1 is 1.46 bits per heavy atom. The van der Waals surface area contributed by atoms with Crippen LogP contribution in [-0.2, 0) is 9.53 Å². The van der Waals surface area contributed by atoms with Crippen molar-refractivity contribution in [3.8, 4) is 0 Å². The fourth-order valence-electron chi connectivity index (χ4n) is 2.11. The normalized spacial score (nSPS) is 20.2. The van der Waals surface area contributed by atoms with Gasteiger partial charge in [0.25, 0.3) is 0 Å². The van der Waals surface area contributed by atoms with Crippen LogP contribution in [0.3, 0.4) is 0 Å². The molecule has 1 saturated carbocycles. The molecule has 1 N–H and O–H groups in total. The lowest BCUT2D eigenvalue weighted by Crippen LogP contribution is -2.31. The van der Waals surface area contributed by atoms with Crippen molar-refractivity contribution in [1.29, 1.82) is 0 Å². The van der Waals surface area contributed by atoms with Gasteiger partial charge in [-0.3, -0.25) is 4.79 Å². The van der Waals surface area contributed by atoms with E-state index in [0.29, 0.717) is 13.0 Å². The molecule has 0 atom stereocenters. The van der Waals surface area contributed by atoms with Gasteiger partial charge in [-0.1, -0.05) is 12.8 Å². The molecule has 13 heavy (non-hydrogen) atoms. The van der Waals surface area contributed by atoms with Crippen LogP contribution in [-0.4, -0.2) is 24.3 Å². The summed E-state index contributed by atoms with van der Waals surface area (Å²) >= 11 is 0. The number of aliphatic hydroxyl groups is 1. The van der Waals surface area contributed by atoms with Crippen LogP contribution in [0.15, 0.2) is 0 Å². The van der Waals surface area contributed by atoms with Gasteiger partial charge < -0.3 is 9.84 Å². The monoisotopic (exact) mass is 186 g/mol. The van der Waals surface area contributed by atoms with E-state index < -0.39 is 0 Å². The van der Waals surface area contributed by atoms with Crippen LogP contribution < -0.4 is 0 Å². The summed E-state index contributed by atoms with van der Waals surface area (Å²) in [6.45, 7) is 2.34. The molecule has 0 aliphatic heterocycles. The molecule has 3 heteroatoms. The van der Waals surface area contributed by atoms with Crippen molar-refractivity contribution in [3.63, 3.8) is 0 Å². The predicted octanol–water partition coefficient (Wildman–Crippen LogP) is 1.49. The molecule has 1 rings (SSSR count). The minimum atomic E-state index is -0.356. The zero-order valence-electron chi connectivity index (χ0n) is 8.21. The van der Waals surface area contributed by atoms with Gasteiger partial charge in [0.15, 0.2) is 0 Å². The molecule has 0 aromatic rings. The third-order valence-electron chi connectivity index (χ3n) is 2.86. The summed E-state index contributed by atoms with van der Waals surface area (Å²) < 4.78 is 5.03. The Morgan fingerprint density at radius 2 is 2.08 bits per heavy atom. The predicted molar refractivity (Wildman–Crippen MR) is 49.2 cm³/mol. The van der Waals surface area contributed by atoms with E-state index in [1.165, 1.54) is 0 Å². The van der Waals surface area contributed by atoms with Gasteiger partial charge >= 0.3 is 5.97 Å². The maximum Gasteiger partial charge on any atom is 0.312 e. The molecule has 3 nitrogen and oxygen atoms in total. The van der Waals surface area contributed by atoms with Crippen LogP contribution >= 0.6 is 0 Å². The van der Waals surface area contributed by atoms with E-state index in [2.05, 4.69) is 0 Å². The van der Waals surface area contributed by atoms with E-state index in [9.17, 15) is 4.79 Å². The first-order chi connectivity index (χ1) is 6.25. The number of ether oxygens (including phenoxy) is 1. The number of esters is 1. The number of rotatable bonds is 4. The summed E-state index contributed by atoms with van der Waals surface area (Å²) in [6, 6.07) is 0. The highest BCUT2D eigenvalue weighted by atomic mass is 16.5. The maximum absolute atomic E-state index is 11.6. The van der Waals surface area contributed by atoms with Gasteiger partial charge in [0.2, 0.25) is 0 Å². The molecule has 0 aromatic carbocycles. The fraction of sp³-hybridized carbons (Fsp3) is 0.900. The molecular formula is C10H18O3. The first-order valence-corrected chi connectivity index (χ1v) is 5.03. The molecule has 0 aromatic heterocycles. The van der Waals surface area contributed by atoms with Gasteiger partial charge in [0, 0.05) is 6.61 Å². The topological polar surface area (TPSA) is 46.5 Å². The molecular weight excluding hydrogens is 168 g/mol. The summed E-state index contributed by atoms with van der Waals surface area (Å²) in [6.07, 6.45) is 4.49. The smallest absolute Gasteiger partial charge is 0.312 e. The van der Waals surface area contributed by atoms with Gasteiger partial charge in [-0.25, -0.2) is 0 Å². The number of hydrogen-bond acceptors (Lipinski definition) is 3. The third kappa shape index (κ3) is 2.21. The van der Waals surface area contributed by atoms with Crippen molar-refractivity contribution in [2.45, 2.75) is 39.0 Å². The Kier molecular flexibility index (Phi) is 3.72. The van der Waals surface area contributed by atoms with E-state index in [1.807, 2.05) is 6.92 Å². The van der Waals surface area contributed by atoms with Crippen molar-refractivity contribution in [2.75, 3.05) is 13.2 Å². The lowest BCUT2D eigenvalue weighted by molar-refractivity contribution is -0.156. The second-order valence-corrected chi connectivity index (χ2v) is 3.68. The second-order valence-electron chi connectivity index (χ2n) is 3.68. The minimum Gasteiger partial charge on any atom is -0.466 e. The average Bonchev–Trinajstić information content (AvgIpc) is 2.55. The molecule has 0 spiro atoms. The Labute approximate surface area is 79.1 Å². The van der Waals surface area contributed by atoms with E-state index in [0.717, 1.165) is 25.7 Å². The van der Waals surface area contributed by atoms with Crippen LogP contribution in [0, 0.1) is 5.41 Å². The van der Waals surface area contributed by atoms with Gasteiger partial charge in [-0.05, 0) is 26.2 Å². The zero-order valence-corrected chi connectivity index (χ0v) is 8.21. The highest BCUT2D eigenvalue weighted by Gasteiger charge is 2.41. The van der Waals surface area contributed by atoms with Crippen molar-refractivity contribution in [1.82, 2.24) is 0 Å². The highest BCUT2D eigenvalue weighted by Crippen LogP contribution is 2.41. The molecule has 0 unspecified atom stereocenters. The van der Waals surface area contributed by atoms with Crippen LogP contribution in [0.5, 0.6) is 0 Å². The summed E-state index contributed by atoms with van der Waals surface area (Å²) in [5.41, 5.74) is -0.356. The average molecular weight is 186 g/mol. The van der Waals surface area contributed by atoms with Crippen LogP contribution in [0.4, 0.5) is 0 Å². The highest BCUT2D eigenvalue weighted by molar-refractivity contribution is 5.77. The van der Waals surface area contributed by atoms with Gasteiger partial charge in [0.1, 0.15) is 0 Å². The second kappa shape index (κ2) is 4.61. The molecule has 0 amide bonds. The molecule has 1 aliphatic rings. The summed E-state index contributed by atoms with van der Waals surface area (Å²) in [5, 5.41) is 8.90. The molecule has 0 heterocycles. The maximum atomic E-state index is 11.6. The standard InChI is InChI=1S/C10H18O3/c1-2-13-9(12)10(7-8-11)5-3-4-6-10/h11H,2-8H2,1H3. The first-order valence-electron chi connectivity index (χ1n) is 5.03. The number of aliphatic hydroxyl groups excluding tert-OH is 1. The van der Waals surface area contributed by atoms with Crippen LogP contribution in [0.25, 0.3) is 0 Å². The Balaban J connectivity index is 2.60. The Morgan fingerprint density at radius 3 is 2.54 bits per heavy atom. The van der Waals surface area contributed by atoms with Crippen molar-refractivity contribution in [3.05, 3.63) is 0 Å². The van der Waals surface area contributed by atoms with Crippen molar-refractivity contribution < 1.29 is 14.6 Å². The van der Waals surface area contributed by atoms with E-state index in [1.54, 1.807) is 0 Å². The van der Waals surface area contributed by atoms with Gasteiger partial charge in [-0.15, -0.1) is 0 Å². The molecule has 76 valence electrons. The van der Waals surface area contributed by atoms with Crippen molar-refractivity contribution in [2.24, 2.45) is 5.41 Å². The van der Waals surface area contributed by atoms with E-state index in [-0.39, 0.29) is 18.0 Å². The van der Waals surface area contributed by atoms with Crippen LogP contribution in [0.2, 0.25) is 0 Å². The van der Waals surface area contributed by atoms with E-state index >= 15 is 0 Å². The molecule has 1 aliphatic carbocycles. The van der Waals surface area contributed by atoms with Crippen molar-refractivity contribution >= 4 is 5.97 Å². The molecule has 1 fully saturated rings. The molecule has 0 saturated heterocycles. The summed E-state index contributed by atoms with van der Waals surface area (Å²) in [5.74, 6) is -0.110. The summed E-state index contributed by atoms with van der Waals surface area (Å²) in [7, 11) is 0. The quantitative estimate of drug-likeness (QED) is 0.677. The van der Waals surface area contributed by atoms with Gasteiger partial charge in [0.05, 0.1) is 12.0 Å². The first kappa shape index (κ1) is 10.5. The zero-order chi connectivity index (χ0) is 9.73. The Bertz CT molecular complexity index is 171. The van der Waals surface area contributed by atoms with Gasteiger partial charge in [-0.2, -0.15) is 0 Å². The third-order valence-corrected chi connectivity index (χ3v) is 2.86. The lowest BCUT2D eigenvalue weighted by Gasteiger charge is -2.25. The SMILES string of the molecule is CCOC(=O)C1(CCO)CCCC1. The Hall–Kier alpha value is -0.570.